The molecule has 29 heavy (non-hydrogen) atoms. The summed E-state index contributed by atoms with van der Waals surface area (Å²) in [5.41, 5.74) is 0.757. The molecule has 2 fully saturated rings. The molecule has 2 saturated carbocycles. The van der Waals surface area contributed by atoms with Crippen LogP contribution in [0.3, 0.4) is 0 Å². The number of rotatable bonds is 7. The van der Waals surface area contributed by atoms with Crippen LogP contribution in [0.2, 0.25) is 0 Å². The number of likely N-dealkylation sites (N-methyl/N-ethyl adjacent to an activating group) is 1. The molecule has 2 aliphatic carbocycles. The van der Waals surface area contributed by atoms with Crippen molar-refractivity contribution in [1.29, 1.82) is 0 Å². The van der Waals surface area contributed by atoms with Gasteiger partial charge in [0, 0.05) is 19.1 Å². The predicted molar refractivity (Wildman–Crippen MR) is 109 cm³/mol. The van der Waals surface area contributed by atoms with E-state index in [1.54, 1.807) is 24.9 Å². The van der Waals surface area contributed by atoms with Crippen LogP contribution in [0.1, 0.15) is 61.4 Å². The zero-order valence-corrected chi connectivity index (χ0v) is 18.1. The average Bonchev–Trinajstić information content (AvgIpc) is 3.49. The van der Waals surface area contributed by atoms with Crippen LogP contribution in [0.4, 0.5) is 0 Å². The summed E-state index contributed by atoms with van der Waals surface area (Å²) in [4.78, 5) is 26.7. The van der Waals surface area contributed by atoms with Crippen molar-refractivity contribution < 1.29 is 22.7 Å². The van der Waals surface area contributed by atoms with Gasteiger partial charge in [-0.25, -0.2) is 17.9 Å². The largest absolute Gasteiger partial charge is 0.452 e. The summed E-state index contributed by atoms with van der Waals surface area (Å²) in [5, 5.41) is 0. The van der Waals surface area contributed by atoms with Crippen molar-refractivity contribution in [2.45, 2.75) is 69.4 Å². The Morgan fingerprint density at radius 1 is 1.14 bits per heavy atom. The van der Waals surface area contributed by atoms with E-state index in [4.69, 9.17) is 4.74 Å². The number of aryl methyl sites for hydroxylation is 1. The number of carbonyl (C=O) groups is 2. The molecule has 0 saturated heterocycles. The van der Waals surface area contributed by atoms with E-state index in [0.29, 0.717) is 11.5 Å². The van der Waals surface area contributed by atoms with E-state index in [9.17, 15) is 18.0 Å². The molecule has 0 atom stereocenters. The molecule has 0 radical (unpaired) electrons. The van der Waals surface area contributed by atoms with E-state index in [-0.39, 0.29) is 35.1 Å². The molecule has 160 valence electrons. The van der Waals surface area contributed by atoms with Crippen LogP contribution in [-0.4, -0.2) is 50.9 Å². The SMILES string of the molecule is Cc1ccc(S(=O)(=O)NC2CC2)cc1C(=O)OCC(=O)N(C)C1CCC(C)CC1. The molecular weight excluding hydrogens is 392 g/mol. The molecule has 1 aromatic carbocycles. The zero-order chi connectivity index (χ0) is 21.2. The van der Waals surface area contributed by atoms with Gasteiger partial charge in [-0.05, 0) is 69.1 Å². The van der Waals surface area contributed by atoms with E-state index in [1.165, 1.54) is 12.1 Å². The minimum atomic E-state index is -3.67. The van der Waals surface area contributed by atoms with Crippen molar-refractivity contribution in [2.75, 3.05) is 13.7 Å². The number of hydrogen-bond donors (Lipinski definition) is 1. The fourth-order valence-corrected chi connectivity index (χ4v) is 4.95. The Bertz CT molecular complexity index is 871. The van der Waals surface area contributed by atoms with Crippen molar-refractivity contribution in [3.63, 3.8) is 0 Å². The minimum Gasteiger partial charge on any atom is -0.452 e. The van der Waals surface area contributed by atoms with Gasteiger partial charge < -0.3 is 9.64 Å². The first-order chi connectivity index (χ1) is 13.7. The number of hydrogen-bond acceptors (Lipinski definition) is 5. The van der Waals surface area contributed by atoms with E-state index in [0.717, 1.165) is 38.5 Å². The molecular formula is C21H30N2O5S. The maximum atomic E-state index is 12.5. The second-order valence-corrected chi connectivity index (χ2v) is 10.1. The maximum Gasteiger partial charge on any atom is 0.338 e. The smallest absolute Gasteiger partial charge is 0.338 e. The number of amides is 1. The molecule has 1 aromatic rings. The fourth-order valence-electron chi connectivity index (χ4n) is 3.62. The molecule has 8 heteroatoms. The van der Waals surface area contributed by atoms with Gasteiger partial charge in [-0.1, -0.05) is 13.0 Å². The molecule has 0 unspecified atom stereocenters. The molecule has 7 nitrogen and oxygen atoms in total. The highest BCUT2D eigenvalue weighted by Gasteiger charge is 2.29. The van der Waals surface area contributed by atoms with Gasteiger partial charge >= 0.3 is 5.97 Å². The number of nitrogens with one attached hydrogen (secondary N) is 1. The molecule has 0 heterocycles. The van der Waals surface area contributed by atoms with E-state index in [1.807, 2.05) is 0 Å². The monoisotopic (exact) mass is 422 g/mol. The summed E-state index contributed by atoms with van der Waals surface area (Å²) in [5.74, 6) is -0.242. The van der Waals surface area contributed by atoms with E-state index < -0.39 is 16.0 Å². The summed E-state index contributed by atoms with van der Waals surface area (Å²) in [6.07, 6.45) is 5.77. The van der Waals surface area contributed by atoms with Gasteiger partial charge in [-0.3, -0.25) is 4.79 Å². The number of benzene rings is 1. The number of esters is 1. The quantitative estimate of drug-likeness (QED) is 0.682. The first kappa shape index (κ1) is 21.8. The highest BCUT2D eigenvalue weighted by Crippen LogP contribution is 2.27. The van der Waals surface area contributed by atoms with E-state index >= 15 is 0 Å². The maximum absolute atomic E-state index is 12.5. The lowest BCUT2D eigenvalue weighted by atomic mass is 9.87. The first-order valence-corrected chi connectivity index (χ1v) is 11.7. The molecule has 0 aliphatic heterocycles. The van der Waals surface area contributed by atoms with Gasteiger partial charge in [0.25, 0.3) is 5.91 Å². The molecule has 0 aromatic heterocycles. The summed E-state index contributed by atoms with van der Waals surface area (Å²) in [6.45, 7) is 3.58. The van der Waals surface area contributed by atoms with Crippen LogP contribution in [0, 0.1) is 12.8 Å². The summed E-state index contributed by atoms with van der Waals surface area (Å²) >= 11 is 0. The zero-order valence-electron chi connectivity index (χ0n) is 17.3. The van der Waals surface area contributed by atoms with Gasteiger partial charge in [0.1, 0.15) is 0 Å². The number of nitrogens with zero attached hydrogens (tertiary/aromatic N) is 1. The van der Waals surface area contributed by atoms with Crippen LogP contribution in [0.25, 0.3) is 0 Å². The van der Waals surface area contributed by atoms with Gasteiger partial charge in [0.2, 0.25) is 10.0 Å². The predicted octanol–water partition coefficient (Wildman–Crippen LogP) is 2.63. The van der Waals surface area contributed by atoms with Gasteiger partial charge in [0.05, 0.1) is 10.5 Å². The number of carbonyl (C=O) groups excluding carboxylic acids is 2. The van der Waals surface area contributed by atoms with E-state index in [2.05, 4.69) is 11.6 Å². The normalized spacial score (nSPS) is 22.2. The van der Waals surface area contributed by atoms with Crippen molar-refractivity contribution in [2.24, 2.45) is 5.92 Å². The van der Waals surface area contributed by atoms with Crippen LogP contribution in [-0.2, 0) is 19.6 Å². The Balaban J connectivity index is 1.61. The van der Waals surface area contributed by atoms with Crippen LogP contribution in [0.5, 0.6) is 0 Å². The Hall–Kier alpha value is -1.93. The molecule has 0 spiro atoms. The van der Waals surface area contributed by atoms with Gasteiger partial charge in [0.15, 0.2) is 6.61 Å². The number of sulfonamides is 1. The Morgan fingerprint density at radius 3 is 2.41 bits per heavy atom. The topological polar surface area (TPSA) is 92.8 Å². The summed E-state index contributed by atoms with van der Waals surface area (Å²) < 4.78 is 32.6. The Labute approximate surface area is 172 Å². The average molecular weight is 423 g/mol. The van der Waals surface area contributed by atoms with Crippen molar-refractivity contribution in [3.8, 4) is 0 Å². The van der Waals surface area contributed by atoms with Gasteiger partial charge in [-0.15, -0.1) is 0 Å². The van der Waals surface area contributed by atoms with Crippen LogP contribution in [0.15, 0.2) is 23.1 Å². The molecule has 1 N–H and O–H groups in total. The van der Waals surface area contributed by atoms with Crippen molar-refractivity contribution in [1.82, 2.24) is 9.62 Å². The third kappa shape index (κ3) is 5.57. The second-order valence-electron chi connectivity index (χ2n) is 8.37. The summed E-state index contributed by atoms with van der Waals surface area (Å²) in [7, 11) is -1.92. The standard InChI is InChI=1S/C21H30N2O5S/c1-14-4-9-17(10-5-14)23(3)20(24)13-28-21(25)19-12-18(11-6-15(19)2)29(26,27)22-16-7-8-16/h6,11-12,14,16-17,22H,4-5,7-10,13H2,1-3H3. The Kier molecular flexibility index (Phi) is 6.63. The van der Waals surface area contributed by atoms with Crippen LogP contribution >= 0.6 is 0 Å². The third-order valence-corrected chi connectivity index (χ3v) is 7.41. The molecule has 3 rings (SSSR count). The molecule has 1 amide bonds. The van der Waals surface area contributed by atoms with Crippen molar-refractivity contribution in [3.05, 3.63) is 29.3 Å². The first-order valence-electron chi connectivity index (χ1n) is 10.2. The minimum absolute atomic E-state index is 0.0207. The third-order valence-electron chi connectivity index (χ3n) is 5.89. The lowest BCUT2D eigenvalue weighted by Crippen LogP contribution is -2.41. The Morgan fingerprint density at radius 2 is 1.79 bits per heavy atom. The number of ether oxygens (including phenoxy) is 1. The highest BCUT2D eigenvalue weighted by molar-refractivity contribution is 7.89. The second kappa shape index (κ2) is 8.83. The highest BCUT2D eigenvalue weighted by atomic mass is 32.2. The fraction of sp³-hybridized carbons (Fsp3) is 0.619. The lowest BCUT2D eigenvalue weighted by Gasteiger charge is -2.33. The van der Waals surface area contributed by atoms with Crippen LogP contribution < -0.4 is 4.72 Å². The summed E-state index contributed by atoms with van der Waals surface area (Å²) in [6, 6.07) is 4.53. The molecule has 0 bridgehead atoms. The van der Waals surface area contributed by atoms with Gasteiger partial charge in [-0.2, -0.15) is 0 Å². The lowest BCUT2D eigenvalue weighted by molar-refractivity contribution is -0.136. The molecule has 2 aliphatic rings. The van der Waals surface area contributed by atoms with Crippen molar-refractivity contribution >= 4 is 21.9 Å².